The van der Waals surface area contributed by atoms with E-state index in [-0.39, 0.29) is 23.1 Å². The van der Waals surface area contributed by atoms with Crippen LogP contribution in [0.5, 0.6) is 0 Å². The normalized spacial score (nSPS) is 15.7. The average molecular weight is 457 g/mol. The number of carbonyl (C=O) groups excluding carboxylic acids is 1. The summed E-state index contributed by atoms with van der Waals surface area (Å²) in [4.78, 5) is 17.1. The fourth-order valence-electron chi connectivity index (χ4n) is 4.00. The van der Waals surface area contributed by atoms with Gasteiger partial charge in [-0.15, -0.1) is 0 Å². The number of aromatic nitrogens is 3. The van der Waals surface area contributed by atoms with Crippen LogP contribution in [0.15, 0.2) is 60.7 Å². The van der Waals surface area contributed by atoms with Crippen molar-refractivity contribution in [2.45, 2.75) is 25.1 Å². The van der Waals surface area contributed by atoms with E-state index in [4.69, 9.17) is 11.6 Å². The van der Waals surface area contributed by atoms with Crippen molar-refractivity contribution in [1.82, 2.24) is 19.9 Å². The Kier molecular flexibility index (Phi) is 4.89. The van der Waals surface area contributed by atoms with Gasteiger partial charge in [-0.1, -0.05) is 48.0 Å². The van der Waals surface area contributed by atoms with Crippen molar-refractivity contribution < 1.29 is 18.0 Å². The van der Waals surface area contributed by atoms with Gasteiger partial charge < -0.3 is 5.32 Å². The predicted molar refractivity (Wildman–Crippen MR) is 113 cm³/mol. The molecule has 0 bridgehead atoms. The van der Waals surface area contributed by atoms with Gasteiger partial charge in [0.15, 0.2) is 17.0 Å². The Bertz CT molecular complexity index is 1330. The molecule has 1 atom stereocenters. The Morgan fingerprint density at radius 1 is 1.09 bits per heavy atom. The van der Waals surface area contributed by atoms with Crippen molar-refractivity contribution in [3.63, 3.8) is 0 Å². The fraction of sp³-hybridized carbons (Fsp3) is 0.174. The molecule has 1 aliphatic carbocycles. The molecule has 9 heteroatoms. The van der Waals surface area contributed by atoms with Gasteiger partial charge in [-0.25, -0.2) is 9.50 Å². The highest BCUT2D eigenvalue weighted by atomic mass is 35.5. The van der Waals surface area contributed by atoms with Gasteiger partial charge in [0.2, 0.25) is 0 Å². The van der Waals surface area contributed by atoms with Gasteiger partial charge in [-0.05, 0) is 42.2 Å². The maximum Gasteiger partial charge on any atom is 0.433 e. The van der Waals surface area contributed by atoms with Crippen LogP contribution in [-0.4, -0.2) is 20.5 Å². The van der Waals surface area contributed by atoms with Crippen LogP contribution < -0.4 is 5.32 Å². The third kappa shape index (κ3) is 3.71. The molecule has 0 radical (unpaired) electrons. The molecule has 32 heavy (non-hydrogen) atoms. The molecule has 0 aliphatic heterocycles. The van der Waals surface area contributed by atoms with Crippen LogP contribution in [0.3, 0.4) is 0 Å². The molecule has 0 saturated heterocycles. The molecule has 0 spiro atoms. The summed E-state index contributed by atoms with van der Waals surface area (Å²) in [5.41, 5.74) is 1.54. The Hall–Kier alpha value is -3.39. The van der Waals surface area contributed by atoms with Crippen LogP contribution in [-0.2, 0) is 12.6 Å². The molecule has 5 nitrogen and oxygen atoms in total. The molecule has 5 rings (SSSR count). The van der Waals surface area contributed by atoms with Crippen LogP contribution in [0.2, 0.25) is 5.02 Å². The zero-order valence-electron chi connectivity index (χ0n) is 16.5. The van der Waals surface area contributed by atoms with Gasteiger partial charge in [-0.2, -0.15) is 18.3 Å². The van der Waals surface area contributed by atoms with Crippen LogP contribution >= 0.6 is 11.6 Å². The summed E-state index contributed by atoms with van der Waals surface area (Å²) in [6.07, 6.45) is -3.13. The van der Waals surface area contributed by atoms with E-state index < -0.39 is 17.8 Å². The van der Waals surface area contributed by atoms with Gasteiger partial charge in [-0.3, -0.25) is 4.79 Å². The standard InChI is InChI=1S/C23H16ClF3N4O/c24-15-8-5-14(6-9-15)18-11-20(23(25,26)27)31-21(28-18)12-19(30-31)22(32)29-17-10-7-13-3-1-2-4-16(13)17/h1-6,8-9,11-12,17H,7,10H2,(H,29,32). The lowest BCUT2D eigenvalue weighted by Crippen LogP contribution is -2.27. The van der Waals surface area contributed by atoms with E-state index in [0.717, 1.165) is 30.0 Å². The van der Waals surface area contributed by atoms with Crippen molar-refractivity contribution >= 4 is 23.2 Å². The highest BCUT2D eigenvalue weighted by Crippen LogP contribution is 2.33. The highest BCUT2D eigenvalue weighted by molar-refractivity contribution is 6.30. The number of hydrogen-bond acceptors (Lipinski definition) is 3. The Morgan fingerprint density at radius 2 is 1.84 bits per heavy atom. The second-order valence-electron chi connectivity index (χ2n) is 7.59. The zero-order chi connectivity index (χ0) is 22.5. The van der Waals surface area contributed by atoms with Gasteiger partial charge >= 0.3 is 6.18 Å². The molecule has 162 valence electrons. The van der Waals surface area contributed by atoms with Crippen LogP contribution in [0, 0.1) is 0 Å². The summed E-state index contributed by atoms with van der Waals surface area (Å²) in [5.74, 6) is -0.543. The quantitative estimate of drug-likeness (QED) is 0.443. The summed E-state index contributed by atoms with van der Waals surface area (Å²) >= 11 is 5.88. The minimum atomic E-state index is -4.69. The first-order valence-electron chi connectivity index (χ1n) is 9.92. The number of fused-ring (bicyclic) bond motifs is 2. The zero-order valence-corrected chi connectivity index (χ0v) is 17.3. The molecular weight excluding hydrogens is 441 g/mol. The molecule has 0 fully saturated rings. The second-order valence-corrected chi connectivity index (χ2v) is 8.03. The van der Waals surface area contributed by atoms with E-state index in [1.54, 1.807) is 24.3 Å². The molecular formula is C23H16ClF3N4O. The summed E-state index contributed by atoms with van der Waals surface area (Å²) in [5, 5.41) is 7.27. The van der Waals surface area contributed by atoms with Gasteiger partial charge in [0.05, 0.1) is 11.7 Å². The number of carbonyl (C=O) groups is 1. The minimum Gasteiger partial charge on any atom is -0.344 e. The highest BCUT2D eigenvalue weighted by Gasteiger charge is 2.36. The summed E-state index contributed by atoms with van der Waals surface area (Å²) < 4.78 is 42.0. The number of aryl methyl sites for hydroxylation is 1. The summed E-state index contributed by atoms with van der Waals surface area (Å²) in [6, 6.07) is 16.1. The lowest BCUT2D eigenvalue weighted by atomic mass is 10.1. The number of hydrogen-bond donors (Lipinski definition) is 1. The molecule has 1 N–H and O–H groups in total. The first-order valence-corrected chi connectivity index (χ1v) is 10.3. The number of halogens is 4. The first-order chi connectivity index (χ1) is 15.3. The van der Waals surface area contributed by atoms with Gasteiger partial charge in [0, 0.05) is 16.7 Å². The fourth-order valence-corrected chi connectivity index (χ4v) is 4.12. The van der Waals surface area contributed by atoms with Crippen molar-refractivity contribution in [3.05, 3.63) is 88.2 Å². The molecule has 4 aromatic rings. The molecule has 1 aliphatic rings. The van der Waals surface area contributed by atoms with E-state index in [1.807, 2.05) is 24.3 Å². The lowest BCUT2D eigenvalue weighted by molar-refractivity contribution is -0.142. The smallest absolute Gasteiger partial charge is 0.344 e. The molecule has 1 amide bonds. The first kappa shape index (κ1) is 20.5. The number of benzene rings is 2. The van der Waals surface area contributed by atoms with Crippen molar-refractivity contribution in [3.8, 4) is 11.3 Å². The number of rotatable bonds is 3. The number of nitrogens with one attached hydrogen (secondary N) is 1. The molecule has 2 heterocycles. The molecule has 2 aromatic heterocycles. The van der Waals surface area contributed by atoms with E-state index >= 15 is 0 Å². The number of nitrogens with zero attached hydrogens (tertiary/aromatic N) is 3. The van der Waals surface area contributed by atoms with E-state index in [9.17, 15) is 18.0 Å². The monoisotopic (exact) mass is 456 g/mol. The van der Waals surface area contributed by atoms with Crippen molar-refractivity contribution in [1.29, 1.82) is 0 Å². The Balaban J connectivity index is 1.52. The van der Waals surface area contributed by atoms with Gasteiger partial charge in [0.25, 0.3) is 5.91 Å². The number of alkyl halides is 3. The third-order valence-electron chi connectivity index (χ3n) is 5.53. The molecule has 1 unspecified atom stereocenters. The summed E-state index contributed by atoms with van der Waals surface area (Å²) in [6.45, 7) is 0. The SMILES string of the molecule is O=C(NC1CCc2ccccc21)c1cc2nc(-c3ccc(Cl)cc3)cc(C(F)(F)F)n2n1. The predicted octanol–water partition coefficient (Wildman–Crippen LogP) is 5.49. The van der Waals surface area contributed by atoms with Gasteiger partial charge in [0.1, 0.15) is 0 Å². The Morgan fingerprint density at radius 3 is 2.59 bits per heavy atom. The van der Waals surface area contributed by atoms with Crippen LogP contribution in [0.1, 0.15) is 39.8 Å². The van der Waals surface area contributed by atoms with E-state index in [2.05, 4.69) is 15.4 Å². The maximum absolute atomic E-state index is 13.8. The number of amides is 1. The minimum absolute atomic E-state index is 0.0678. The largest absolute Gasteiger partial charge is 0.433 e. The van der Waals surface area contributed by atoms with Crippen LogP contribution in [0.4, 0.5) is 13.2 Å². The van der Waals surface area contributed by atoms with Crippen molar-refractivity contribution in [2.75, 3.05) is 0 Å². The maximum atomic E-state index is 13.8. The Labute approximate surface area is 185 Å². The molecule has 0 saturated carbocycles. The van der Waals surface area contributed by atoms with E-state index in [1.165, 1.54) is 6.07 Å². The van der Waals surface area contributed by atoms with Crippen molar-refractivity contribution in [2.24, 2.45) is 0 Å². The second kappa shape index (κ2) is 7.63. The van der Waals surface area contributed by atoms with Crippen LogP contribution in [0.25, 0.3) is 16.9 Å². The molecule has 2 aromatic carbocycles. The summed E-state index contributed by atoms with van der Waals surface area (Å²) in [7, 11) is 0. The topological polar surface area (TPSA) is 59.3 Å². The third-order valence-corrected chi connectivity index (χ3v) is 5.78. The average Bonchev–Trinajstić information content (AvgIpc) is 3.37. The van der Waals surface area contributed by atoms with E-state index in [0.29, 0.717) is 15.1 Å². The lowest BCUT2D eigenvalue weighted by Gasteiger charge is -2.13.